The van der Waals surface area contributed by atoms with Crippen LogP contribution in [-0.4, -0.2) is 22.9 Å². The molecule has 0 aromatic rings. The number of carbonyl (C=O) groups excluding carboxylic acids is 1. The zero-order valence-corrected chi connectivity index (χ0v) is 14.1. The Labute approximate surface area is 117 Å². The zero-order valence-electron chi connectivity index (χ0n) is 12.1. The van der Waals surface area contributed by atoms with Crippen molar-refractivity contribution in [2.24, 2.45) is 0 Å². The van der Waals surface area contributed by atoms with E-state index < -0.39 is 16.6 Å². The zero-order chi connectivity index (χ0) is 14.1. The van der Waals surface area contributed by atoms with Crippen molar-refractivity contribution in [3.05, 3.63) is 47.2 Å². The molecule has 0 radical (unpaired) electrons. The number of hydrogen-bond donors (Lipinski definition) is 0. The molecular weight excluding hydrogens is 268 g/mol. The average molecular weight is 291 g/mol. The maximum absolute atomic E-state index is 11.1. The van der Waals surface area contributed by atoms with Crippen molar-refractivity contribution in [1.82, 2.24) is 0 Å². The molecule has 0 fully saturated rings. The summed E-state index contributed by atoms with van der Waals surface area (Å²) in [4.78, 5) is 11.1. The van der Waals surface area contributed by atoms with E-state index in [1.807, 2.05) is 0 Å². The fourth-order valence-corrected chi connectivity index (χ4v) is 11.7. The summed E-state index contributed by atoms with van der Waals surface area (Å²) in [6.45, 7) is 8.95. The van der Waals surface area contributed by atoms with Crippen LogP contribution in [0.15, 0.2) is 47.2 Å². The highest BCUT2D eigenvalue weighted by atomic mass is 28.4. The van der Waals surface area contributed by atoms with E-state index in [4.69, 9.17) is 4.12 Å². The predicted molar refractivity (Wildman–Crippen MR) is 84.9 cm³/mol. The van der Waals surface area contributed by atoms with E-state index in [0.717, 1.165) is 18.3 Å². The van der Waals surface area contributed by atoms with Gasteiger partial charge < -0.3 is 4.12 Å². The van der Waals surface area contributed by atoms with Crippen LogP contribution in [0.1, 0.15) is 6.42 Å². The van der Waals surface area contributed by atoms with Crippen LogP contribution in [0.2, 0.25) is 31.7 Å². The maximum Gasteiger partial charge on any atom is 0.206 e. The molecule has 4 heteroatoms. The van der Waals surface area contributed by atoms with Gasteiger partial charge in [-0.3, -0.25) is 4.79 Å². The van der Waals surface area contributed by atoms with Crippen molar-refractivity contribution in [1.29, 1.82) is 0 Å². The molecule has 19 heavy (non-hydrogen) atoms. The van der Waals surface area contributed by atoms with Crippen molar-refractivity contribution in [2.75, 3.05) is 0 Å². The van der Waals surface area contributed by atoms with Crippen LogP contribution in [0, 0.1) is 0 Å². The van der Waals surface area contributed by atoms with Crippen LogP contribution < -0.4 is 0 Å². The van der Waals surface area contributed by atoms with Crippen LogP contribution in [-0.2, 0) is 8.91 Å². The van der Waals surface area contributed by atoms with E-state index in [1.54, 1.807) is 0 Å². The number of carbonyl (C=O) groups is 1. The lowest BCUT2D eigenvalue weighted by Crippen LogP contribution is -2.47. The van der Waals surface area contributed by atoms with Crippen LogP contribution in [0.3, 0.4) is 0 Å². The second kappa shape index (κ2) is 5.19. The van der Waals surface area contributed by atoms with Crippen LogP contribution in [0.5, 0.6) is 0 Å². The first-order chi connectivity index (χ1) is 8.87. The number of rotatable bonds is 5. The molecule has 0 heterocycles. The van der Waals surface area contributed by atoms with E-state index in [0.29, 0.717) is 5.54 Å². The minimum Gasteiger partial charge on any atom is -0.452 e. The summed E-state index contributed by atoms with van der Waals surface area (Å²) in [6, 6.07) is 0. The van der Waals surface area contributed by atoms with E-state index in [2.05, 4.69) is 62.6 Å². The first kappa shape index (κ1) is 14.4. The Morgan fingerprint density at radius 2 is 1.84 bits per heavy atom. The predicted octanol–water partition coefficient (Wildman–Crippen LogP) is 3.90. The van der Waals surface area contributed by atoms with Gasteiger partial charge in [0.05, 0.1) is 0 Å². The van der Waals surface area contributed by atoms with Crippen LogP contribution in [0.25, 0.3) is 0 Å². The summed E-state index contributed by atoms with van der Waals surface area (Å²) < 4.78 is 6.63. The van der Waals surface area contributed by atoms with Gasteiger partial charge in [-0.15, -0.1) is 0 Å². The molecule has 0 aromatic heterocycles. The Kier molecular flexibility index (Phi) is 3.94. The van der Waals surface area contributed by atoms with Gasteiger partial charge in [-0.05, 0) is 43.4 Å². The van der Waals surface area contributed by atoms with Gasteiger partial charge in [-0.1, -0.05) is 36.5 Å². The molecule has 2 rings (SSSR count). The first-order valence-corrected chi connectivity index (χ1v) is 12.7. The second-order valence-electron chi connectivity index (χ2n) is 6.17. The Morgan fingerprint density at radius 1 is 1.21 bits per heavy atom. The van der Waals surface area contributed by atoms with Gasteiger partial charge in [-0.2, -0.15) is 0 Å². The topological polar surface area (TPSA) is 26.3 Å². The van der Waals surface area contributed by atoms with Gasteiger partial charge in [0, 0.05) is 5.54 Å². The van der Waals surface area contributed by atoms with E-state index in [1.165, 1.54) is 5.20 Å². The van der Waals surface area contributed by atoms with Crippen molar-refractivity contribution >= 4 is 22.9 Å². The lowest BCUT2D eigenvalue weighted by atomic mass is 10.3. The molecule has 2 nitrogen and oxygen atoms in total. The highest BCUT2D eigenvalue weighted by Crippen LogP contribution is 2.36. The fourth-order valence-electron chi connectivity index (χ4n) is 2.90. The minimum atomic E-state index is -2.00. The molecule has 0 spiro atoms. The molecule has 0 atom stereocenters. The standard InChI is InChI=1S/C15H22O2Si2/c1-18(2,14-9-5-6-10-14)17-19(3,4)15-11-7-8-13(15)12-16/h5-7,9-12,14H,8H2,1-4H3. The van der Waals surface area contributed by atoms with Gasteiger partial charge in [-0.25, -0.2) is 0 Å². The third kappa shape index (κ3) is 2.96. The summed E-state index contributed by atoms with van der Waals surface area (Å²) >= 11 is 0. The largest absolute Gasteiger partial charge is 0.452 e. The number of allylic oxidation sites excluding steroid dienone is 8. The molecule has 0 unspecified atom stereocenters. The van der Waals surface area contributed by atoms with Crippen LogP contribution in [0.4, 0.5) is 0 Å². The molecule has 102 valence electrons. The molecule has 0 amide bonds. The molecule has 2 aliphatic rings. The van der Waals surface area contributed by atoms with Crippen LogP contribution >= 0.6 is 0 Å². The molecule has 0 aromatic carbocycles. The van der Waals surface area contributed by atoms with Crippen molar-refractivity contribution < 1.29 is 8.91 Å². The Hall–Kier alpha value is -0.976. The first-order valence-electron chi connectivity index (χ1n) is 6.77. The highest BCUT2D eigenvalue weighted by molar-refractivity contribution is 6.90. The van der Waals surface area contributed by atoms with Crippen molar-refractivity contribution in [3.63, 3.8) is 0 Å². The molecule has 0 N–H and O–H groups in total. The molecule has 2 aliphatic carbocycles. The maximum atomic E-state index is 11.1. The van der Waals surface area contributed by atoms with E-state index in [9.17, 15) is 4.79 Å². The van der Waals surface area contributed by atoms with Gasteiger partial charge in [0.1, 0.15) is 6.29 Å². The molecule has 0 aliphatic heterocycles. The normalized spacial score (nSPS) is 19.8. The summed E-state index contributed by atoms with van der Waals surface area (Å²) in [7, 11) is -3.81. The van der Waals surface area contributed by atoms with Crippen molar-refractivity contribution in [3.8, 4) is 0 Å². The van der Waals surface area contributed by atoms with Gasteiger partial charge in [0.2, 0.25) is 8.32 Å². The second-order valence-corrected chi connectivity index (χ2v) is 14.4. The Morgan fingerprint density at radius 3 is 2.42 bits per heavy atom. The number of hydrogen-bond acceptors (Lipinski definition) is 2. The van der Waals surface area contributed by atoms with E-state index >= 15 is 0 Å². The Bertz CT molecular complexity index is 484. The quantitative estimate of drug-likeness (QED) is 0.567. The van der Waals surface area contributed by atoms with Crippen molar-refractivity contribution in [2.45, 2.75) is 38.2 Å². The third-order valence-electron chi connectivity index (χ3n) is 3.83. The SMILES string of the molecule is C[Si](C)(O[Si](C)(C)C1C=CC=C1)C1=C(C=O)CC=C1. The summed E-state index contributed by atoms with van der Waals surface area (Å²) in [5.41, 5.74) is 1.36. The van der Waals surface area contributed by atoms with E-state index in [-0.39, 0.29) is 0 Å². The minimum absolute atomic E-state index is 0.449. The molecule has 0 saturated carbocycles. The lowest BCUT2D eigenvalue weighted by Gasteiger charge is -2.37. The van der Waals surface area contributed by atoms with Gasteiger partial charge in [0.15, 0.2) is 8.32 Å². The lowest BCUT2D eigenvalue weighted by molar-refractivity contribution is -0.105. The fraction of sp³-hybridized carbons (Fsp3) is 0.400. The van der Waals surface area contributed by atoms with Gasteiger partial charge in [0.25, 0.3) is 0 Å². The summed E-state index contributed by atoms with van der Waals surface area (Å²) in [6.07, 6.45) is 14.6. The third-order valence-corrected chi connectivity index (χ3v) is 11.7. The summed E-state index contributed by atoms with van der Waals surface area (Å²) in [5, 5.41) is 1.18. The summed E-state index contributed by atoms with van der Waals surface area (Å²) in [5.74, 6) is 0. The smallest absolute Gasteiger partial charge is 0.206 e. The molecular formula is C15H22O2Si2. The van der Waals surface area contributed by atoms with Gasteiger partial charge >= 0.3 is 0 Å². The number of aldehydes is 1. The monoisotopic (exact) mass is 290 g/mol. The Balaban J connectivity index is 2.21. The average Bonchev–Trinajstić information content (AvgIpc) is 2.99. The highest BCUT2D eigenvalue weighted by Gasteiger charge is 2.40. The molecule has 0 saturated heterocycles. The molecule has 0 bridgehead atoms.